The first-order valence-corrected chi connectivity index (χ1v) is 5.70. The topological polar surface area (TPSA) is 58.3 Å². The molecule has 1 saturated heterocycles. The molecular formula is C11H19N5. The first-order valence-electron chi connectivity index (χ1n) is 5.70. The minimum absolute atomic E-state index is 0.233. The van der Waals surface area contributed by atoms with Crippen LogP contribution in [0.2, 0.25) is 0 Å². The third-order valence-electron chi connectivity index (χ3n) is 3.15. The maximum atomic E-state index is 5.85. The van der Waals surface area contributed by atoms with Crippen molar-refractivity contribution < 1.29 is 0 Å². The minimum Gasteiger partial charge on any atom is -0.329 e. The summed E-state index contributed by atoms with van der Waals surface area (Å²) in [4.78, 5) is 13.0. The standard InChI is InChI=1S/C11H19N5/c1-15-4-6-16(7-5-15)11(8-12)10-2-3-13-9-14-10/h2-3,9,11H,4-8,12H2,1H3. The summed E-state index contributed by atoms with van der Waals surface area (Å²) in [6, 6.07) is 2.19. The van der Waals surface area contributed by atoms with Crippen LogP contribution in [0, 0.1) is 0 Å². The van der Waals surface area contributed by atoms with E-state index in [1.165, 1.54) is 0 Å². The predicted octanol–water partition coefficient (Wildman–Crippen LogP) is -0.276. The van der Waals surface area contributed by atoms with Gasteiger partial charge in [-0.15, -0.1) is 0 Å². The largest absolute Gasteiger partial charge is 0.329 e. The average molecular weight is 221 g/mol. The average Bonchev–Trinajstić information content (AvgIpc) is 2.34. The number of rotatable bonds is 3. The van der Waals surface area contributed by atoms with Crippen molar-refractivity contribution >= 4 is 0 Å². The number of piperazine rings is 1. The van der Waals surface area contributed by atoms with Gasteiger partial charge >= 0.3 is 0 Å². The Bertz CT molecular complexity index is 307. The van der Waals surface area contributed by atoms with E-state index in [0.717, 1.165) is 31.9 Å². The van der Waals surface area contributed by atoms with Gasteiger partial charge in [0.15, 0.2) is 0 Å². The van der Waals surface area contributed by atoms with E-state index >= 15 is 0 Å². The van der Waals surface area contributed by atoms with Gasteiger partial charge in [0.25, 0.3) is 0 Å². The van der Waals surface area contributed by atoms with Crippen molar-refractivity contribution in [1.29, 1.82) is 0 Å². The van der Waals surface area contributed by atoms with E-state index in [2.05, 4.69) is 26.8 Å². The molecule has 0 amide bonds. The summed E-state index contributed by atoms with van der Waals surface area (Å²) in [5, 5.41) is 0. The van der Waals surface area contributed by atoms with Gasteiger partial charge in [-0.25, -0.2) is 9.97 Å². The third-order valence-corrected chi connectivity index (χ3v) is 3.15. The SMILES string of the molecule is CN1CCN(C(CN)c2ccncn2)CC1. The smallest absolute Gasteiger partial charge is 0.115 e. The Morgan fingerprint density at radius 2 is 2.12 bits per heavy atom. The molecule has 5 nitrogen and oxygen atoms in total. The molecule has 0 spiro atoms. The fraction of sp³-hybridized carbons (Fsp3) is 0.636. The summed E-state index contributed by atoms with van der Waals surface area (Å²) >= 11 is 0. The normalized spacial score (nSPS) is 20.9. The lowest BCUT2D eigenvalue weighted by Gasteiger charge is -2.37. The van der Waals surface area contributed by atoms with Crippen molar-refractivity contribution in [1.82, 2.24) is 19.8 Å². The molecule has 0 aromatic carbocycles. The van der Waals surface area contributed by atoms with E-state index < -0.39 is 0 Å². The molecule has 16 heavy (non-hydrogen) atoms. The molecule has 1 fully saturated rings. The zero-order chi connectivity index (χ0) is 11.4. The number of hydrogen-bond donors (Lipinski definition) is 1. The number of likely N-dealkylation sites (N-methyl/N-ethyl adjacent to an activating group) is 1. The molecule has 1 atom stereocenters. The van der Waals surface area contributed by atoms with Gasteiger partial charge < -0.3 is 10.6 Å². The quantitative estimate of drug-likeness (QED) is 0.761. The lowest BCUT2D eigenvalue weighted by molar-refractivity contribution is 0.112. The highest BCUT2D eigenvalue weighted by Gasteiger charge is 2.23. The summed E-state index contributed by atoms with van der Waals surface area (Å²) in [5.41, 5.74) is 6.88. The monoisotopic (exact) mass is 221 g/mol. The zero-order valence-electron chi connectivity index (χ0n) is 9.71. The fourth-order valence-electron chi connectivity index (χ4n) is 2.09. The van der Waals surface area contributed by atoms with Crippen molar-refractivity contribution in [3.8, 4) is 0 Å². The molecule has 1 aromatic heterocycles. The minimum atomic E-state index is 0.233. The Hall–Kier alpha value is -1.04. The third kappa shape index (κ3) is 2.55. The zero-order valence-corrected chi connectivity index (χ0v) is 9.71. The first kappa shape index (κ1) is 11.4. The van der Waals surface area contributed by atoms with E-state index in [1.54, 1.807) is 12.5 Å². The Labute approximate surface area is 96.3 Å². The number of nitrogens with two attached hydrogens (primary N) is 1. The van der Waals surface area contributed by atoms with Gasteiger partial charge in [-0.3, -0.25) is 4.90 Å². The van der Waals surface area contributed by atoms with Crippen LogP contribution in [0.5, 0.6) is 0 Å². The van der Waals surface area contributed by atoms with Crippen LogP contribution < -0.4 is 5.73 Å². The first-order chi connectivity index (χ1) is 7.81. The van der Waals surface area contributed by atoms with Crippen molar-refractivity contribution in [2.24, 2.45) is 5.73 Å². The lowest BCUT2D eigenvalue weighted by Crippen LogP contribution is -2.47. The molecule has 0 bridgehead atoms. The second kappa shape index (κ2) is 5.34. The van der Waals surface area contributed by atoms with Crippen molar-refractivity contribution in [2.45, 2.75) is 6.04 Å². The second-order valence-corrected chi connectivity index (χ2v) is 4.22. The Kier molecular flexibility index (Phi) is 3.82. The van der Waals surface area contributed by atoms with E-state index in [-0.39, 0.29) is 6.04 Å². The molecule has 0 saturated carbocycles. The van der Waals surface area contributed by atoms with Gasteiger partial charge in [0.1, 0.15) is 6.33 Å². The van der Waals surface area contributed by atoms with Crippen LogP contribution in [-0.4, -0.2) is 59.5 Å². The van der Waals surface area contributed by atoms with E-state index in [1.807, 2.05) is 6.07 Å². The molecule has 1 aliphatic heterocycles. The van der Waals surface area contributed by atoms with Crippen molar-refractivity contribution in [2.75, 3.05) is 39.8 Å². The van der Waals surface area contributed by atoms with Crippen LogP contribution in [0.1, 0.15) is 11.7 Å². The van der Waals surface area contributed by atoms with E-state index in [4.69, 9.17) is 5.73 Å². The predicted molar refractivity (Wildman–Crippen MR) is 62.9 cm³/mol. The van der Waals surface area contributed by atoms with Gasteiger partial charge in [0.05, 0.1) is 11.7 Å². The molecule has 0 aliphatic carbocycles. The highest BCUT2D eigenvalue weighted by atomic mass is 15.3. The summed E-state index contributed by atoms with van der Waals surface area (Å²) in [5.74, 6) is 0. The summed E-state index contributed by atoms with van der Waals surface area (Å²) in [6.07, 6.45) is 3.37. The highest BCUT2D eigenvalue weighted by Crippen LogP contribution is 2.18. The van der Waals surface area contributed by atoms with Gasteiger partial charge in [0.2, 0.25) is 0 Å². The number of nitrogens with zero attached hydrogens (tertiary/aromatic N) is 4. The van der Waals surface area contributed by atoms with Crippen LogP contribution in [0.4, 0.5) is 0 Å². The fourth-order valence-corrected chi connectivity index (χ4v) is 2.09. The van der Waals surface area contributed by atoms with Gasteiger partial charge in [-0.1, -0.05) is 0 Å². The van der Waals surface area contributed by atoms with Crippen LogP contribution in [0.3, 0.4) is 0 Å². The molecule has 2 N–H and O–H groups in total. The molecule has 88 valence electrons. The Morgan fingerprint density at radius 1 is 1.38 bits per heavy atom. The van der Waals surface area contributed by atoms with Gasteiger partial charge in [0, 0.05) is 38.9 Å². The summed E-state index contributed by atoms with van der Waals surface area (Å²) in [7, 11) is 2.15. The molecule has 1 aliphatic rings. The maximum Gasteiger partial charge on any atom is 0.115 e. The number of aromatic nitrogens is 2. The molecular weight excluding hydrogens is 202 g/mol. The molecule has 1 unspecified atom stereocenters. The van der Waals surface area contributed by atoms with E-state index in [0.29, 0.717) is 6.54 Å². The van der Waals surface area contributed by atoms with Gasteiger partial charge in [-0.2, -0.15) is 0 Å². The van der Waals surface area contributed by atoms with Crippen molar-refractivity contribution in [3.63, 3.8) is 0 Å². The molecule has 5 heteroatoms. The Morgan fingerprint density at radius 3 is 2.69 bits per heavy atom. The highest BCUT2D eigenvalue weighted by molar-refractivity contribution is 5.06. The van der Waals surface area contributed by atoms with E-state index in [9.17, 15) is 0 Å². The van der Waals surface area contributed by atoms with Crippen LogP contribution >= 0.6 is 0 Å². The maximum absolute atomic E-state index is 5.85. The van der Waals surface area contributed by atoms with Crippen molar-refractivity contribution in [3.05, 3.63) is 24.3 Å². The van der Waals surface area contributed by atoms with Crippen LogP contribution in [0.25, 0.3) is 0 Å². The van der Waals surface area contributed by atoms with Crippen LogP contribution in [0.15, 0.2) is 18.6 Å². The molecule has 2 rings (SSSR count). The molecule has 0 radical (unpaired) electrons. The Balaban J connectivity index is 2.05. The number of hydrogen-bond acceptors (Lipinski definition) is 5. The van der Waals surface area contributed by atoms with Gasteiger partial charge in [-0.05, 0) is 13.1 Å². The summed E-state index contributed by atoms with van der Waals surface area (Å²) < 4.78 is 0. The molecule has 2 heterocycles. The van der Waals surface area contributed by atoms with Crippen LogP contribution in [-0.2, 0) is 0 Å². The second-order valence-electron chi connectivity index (χ2n) is 4.22. The lowest BCUT2D eigenvalue weighted by atomic mass is 10.1. The summed E-state index contributed by atoms with van der Waals surface area (Å²) in [6.45, 7) is 4.93. The molecule has 1 aromatic rings.